The minimum Gasteiger partial charge on any atom is -0.481 e. The Kier molecular flexibility index (Phi) is 8.06. The molecule has 3 rings (SSSR count). The van der Waals surface area contributed by atoms with E-state index in [-0.39, 0.29) is 25.6 Å². The molecule has 0 radical (unpaired) electrons. The van der Waals surface area contributed by atoms with Crippen LogP contribution in [0.15, 0.2) is 48.5 Å². The van der Waals surface area contributed by atoms with Crippen molar-refractivity contribution in [2.24, 2.45) is 5.92 Å². The van der Waals surface area contributed by atoms with Crippen LogP contribution in [0.2, 0.25) is 0 Å². The summed E-state index contributed by atoms with van der Waals surface area (Å²) < 4.78 is 5.54. The lowest BCUT2D eigenvalue weighted by Gasteiger charge is -2.23. The van der Waals surface area contributed by atoms with Crippen molar-refractivity contribution in [1.82, 2.24) is 15.5 Å². The van der Waals surface area contributed by atoms with Crippen LogP contribution in [0.5, 0.6) is 0 Å². The Morgan fingerprint density at radius 2 is 1.61 bits per heavy atom. The SMILES string of the molecule is CCC(CNC(=O)C(CN(C)C)NC(=O)OCC1c2ccccc2-c2ccccc21)C(=O)O. The predicted octanol–water partition coefficient (Wildman–Crippen LogP) is 2.68. The first-order chi connectivity index (χ1) is 15.8. The largest absolute Gasteiger partial charge is 0.481 e. The summed E-state index contributed by atoms with van der Waals surface area (Å²) in [6.45, 7) is 2.14. The number of aliphatic carboxylic acids is 1. The number of fused-ring (bicyclic) bond motifs is 3. The van der Waals surface area contributed by atoms with E-state index in [9.17, 15) is 19.5 Å². The number of amides is 2. The van der Waals surface area contributed by atoms with Gasteiger partial charge in [-0.3, -0.25) is 9.59 Å². The summed E-state index contributed by atoms with van der Waals surface area (Å²) in [4.78, 5) is 38.2. The molecule has 1 aliphatic carbocycles. The number of carboxylic acid groups (broad SMARTS) is 1. The molecule has 176 valence electrons. The van der Waals surface area contributed by atoms with E-state index in [2.05, 4.69) is 22.8 Å². The van der Waals surface area contributed by atoms with Crippen molar-refractivity contribution in [3.63, 3.8) is 0 Å². The van der Waals surface area contributed by atoms with Crippen LogP contribution in [0.3, 0.4) is 0 Å². The van der Waals surface area contributed by atoms with Gasteiger partial charge in [-0.25, -0.2) is 4.79 Å². The monoisotopic (exact) mass is 453 g/mol. The van der Waals surface area contributed by atoms with Gasteiger partial charge in [0, 0.05) is 19.0 Å². The number of carbonyl (C=O) groups is 3. The first kappa shape index (κ1) is 24.3. The molecule has 0 saturated heterocycles. The number of nitrogens with one attached hydrogen (secondary N) is 2. The molecular formula is C25H31N3O5. The van der Waals surface area contributed by atoms with Gasteiger partial charge in [-0.05, 0) is 42.8 Å². The zero-order valence-electron chi connectivity index (χ0n) is 19.2. The van der Waals surface area contributed by atoms with Gasteiger partial charge < -0.3 is 25.4 Å². The van der Waals surface area contributed by atoms with Crippen molar-refractivity contribution in [2.75, 3.05) is 33.8 Å². The second kappa shape index (κ2) is 11.0. The minimum atomic E-state index is -0.966. The molecule has 2 unspecified atom stereocenters. The highest BCUT2D eigenvalue weighted by atomic mass is 16.5. The fourth-order valence-electron chi connectivity index (χ4n) is 4.09. The molecule has 0 spiro atoms. The summed E-state index contributed by atoms with van der Waals surface area (Å²) in [5.41, 5.74) is 4.48. The Hall–Kier alpha value is -3.39. The van der Waals surface area contributed by atoms with E-state index in [0.29, 0.717) is 6.42 Å². The van der Waals surface area contributed by atoms with Crippen LogP contribution in [0.4, 0.5) is 4.79 Å². The number of hydrogen-bond donors (Lipinski definition) is 3. The fourth-order valence-corrected chi connectivity index (χ4v) is 4.09. The van der Waals surface area contributed by atoms with Crippen LogP contribution < -0.4 is 10.6 Å². The number of nitrogens with zero attached hydrogens (tertiary/aromatic N) is 1. The number of carbonyl (C=O) groups excluding carboxylic acids is 2. The van der Waals surface area contributed by atoms with Gasteiger partial charge >= 0.3 is 12.1 Å². The Bertz CT molecular complexity index is 962. The molecule has 0 aliphatic heterocycles. The summed E-state index contributed by atoms with van der Waals surface area (Å²) in [6, 6.07) is 15.2. The van der Waals surface area contributed by atoms with Crippen LogP contribution in [-0.2, 0) is 14.3 Å². The molecule has 1 aliphatic rings. The highest BCUT2D eigenvalue weighted by Crippen LogP contribution is 2.44. The maximum Gasteiger partial charge on any atom is 0.407 e. The van der Waals surface area contributed by atoms with E-state index in [1.807, 2.05) is 36.4 Å². The summed E-state index contributed by atoms with van der Waals surface area (Å²) in [7, 11) is 3.57. The molecule has 0 bridgehead atoms. The number of rotatable bonds is 10. The van der Waals surface area contributed by atoms with Crippen molar-refractivity contribution in [2.45, 2.75) is 25.3 Å². The molecule has 3 N–H and O–H groups in total. The van der Waals surface area contributed by atoms with Gasteiger partial charge in [-0.2, -0.15) is 0 Å². The molecule has 33 heavy (non-hydrogen) atoms. The van der Waals surface area contributed by atoms with Crippen molar-refractivity contribution in [1.29, 1.82) is 0 Å². The van der Waals surface area contributed by atoms with E-state index >= 15 is 0 Å². The zero-order chi connectivity index (χ0) is 24.0. The molecule has 0 heterocycles. The number of hydrogen-bond acceptors (Lipinski definition) is 5. The quantitative estimate of drug-likeness (QED) is 0.511. The van der Waals surface area contributed by atoms with Gasteiger partial charge in [-0.1, -0.05) is 55.5 Å². The molecule has 0 fully saturated rings. The second-order valence-corrected chi connectivity index (χ2v) is 8.47. The second-order valence-electron chi connectivity index (χ2n) is 8.47. The Balaban J connectivity index is 1.63. The smallest absolute Gasteiger partial charge is 0.407 e. The number of ether oxygens (including phenoxy) is 1. The molecule has 2 aromatic rings. The predicted molar refractivity (Wildman–Crippen MR) is 125 cm³/mol. The molecule has 8 heteroatoms. The third kappa shape index (κ3) is 5.90. The summed E-state index contributed by atoms with van der Waals surface area (Å²) in [6.07, 6.45) is -0.294. The maximum atomic E-state index is 12.6. The van der Waals surface area contributed by atoms with Crippen LogP contribution >= 0.6 is 0 Å². The minimum absolute atomic E-state index is 0.000957. The number of carboxylic acids is 1. The van der Waals surface area contributed by atoms with E-state index in [4.69, 9.17) is 4.74 Å². The summed E-state index contributed by atoms with van der Waals surface area (Å²) in [5.74, 6) is -2.17. The topological polar surface area (TPSA) is 108 Å². The van der Waals surface area contributed by atoms with E-state index < -0.39 is 29.9 Å². The molecular weight excluding hydrogens is 422 g/mol. The third-order valence-electron chi connectivity index (χ3n) is 5.86. The van der Waals surface area contributed by atoms with E-state index in [0.717, 1.165) is 22.3 Å². The van der Waals surface area contributed by atoms with Crippen molar-refractivity contribution in [3.05, 3.63) is 59.7 Å². The van der Waals surface area contributed by atoms with E-state index in [1.165, 1.54) is 0 Å². The lowest BCUT2D eigenvalue weighted by atomic mass is 9.98. The first-order valence-corrected chi connectivity index (χ1v) is 11.1. The van der Waals surface area contributed by atoms with Crippen molar-refractivity contribution >= 4 is 18.0 Å². The van der Waals surface area contributed by atoms with Gasteiger partial charge in [0.15, 0.2) is 0 Å². The summed E-state index contributed by atoms with van der Waals surface area (Å²) >= 11 is 0. The molecule has 8 nitrogen and oxygen atoms in total. The molecule has 2 atom stereocenters. The normalized spacial score (nSPS) is 14.2. The number of alkyl carbamates (subject to hydrolysis) is 1. The fraction of sp³-hybridized carbons (Fsp3) is 0.400. The van der Waals surface area contributed by atoms with Gasteiger partial charge in [0.2, 0.25) is 5.91 Å². The van der Waals surface area contributed by atoms with Crippen LogP contribution in [-0.4, -0.2) is 67.8 Å². The first-order valence-electron chi connectivity index (χ1n) is 11.1. The highest BCUT2D eigenvalue weighted by molar-refractivity contribution is 5.86. The Morgan fingerprint density at radius 1 is 1.03 bits per heavy atom. The molecule has 0 saturated carbocycles. The maximum absolute atomic E-state index is 12.6. The third-order valence-corrected chi connectivity index (χ3v) is 5.86. The molecule has 2 amide bonds. The van der Waals surface area contributed by atoms with Crippen molar-refractivity contribution in [3.8, 4) is 11.1 Å². The van der Waals surface area contributed by atoms with Gasteiger partial charge in [-0.15, -0.1) is 0 Å². The van der Waals surface area contributed by atoms with Crippen LogP contribution in [0.25, 0.3) is 11.1 Å². The van der Waals surface area contributed by atoms with Crippen molar-refractivity contribution < 1.29 is 24.2 Å². The lowest BCUT2D eigenvalue weighted by molar-refractivity contribution is -0.141. The lowest BCUT2D eigenvalue weighted by Crippen LogP contribution is -2.52. The van der Waals surface area contributed by atoms with Crippen LogP contribution in [0.1, 0.15) is 30.4 Å². The number of benzene rings is 2. The van der Waals surface area contributed by atoms with Gasteiger partial charge in [0.05, 0.1) is 5.92 Å². The average Bonchev–Trinajstić information content (AvgIpc) is 3.11. The highest BCUT2D eigenvalue weighted by Gasteiger charge is 2.30. The molecule has 0 aromatic heterocycles. The van der Waals surface area contributed by atoms with Gasteiger partial charge in [0.1, 0.15) is 12.6 Å². The average molecular weight is 454 g/mol. The molecule has 2 aromatic carbocycles. The van der Waals surface area contributed by atoms with Gasteiger partial charge in [0.25, 0.3) is 0 Å². The zero-order valence-corrected chi connectivity index (χ0v) is 19.2. The van der Waals surface area contributed by atoms with Crippen LogP contribution in [0, 0.1) is 5.92 Å². The summed E-state index contributed by atoms with van der Waals surface area (Å²) in [5, 5.41) is 14.4. The van der Waals surface area contributed by atoms with E-state index in [1.54, 1.807) is 25.9 Å². The standard InChI is InChI=1S/C25H31N3O5/c1-4-16(24(30)31)13-26-23(29)22(14-28(2)3)27-25(32)33-15-21-19-11-7-5-9-17(19)18-10-6-8-12-20(18)21/h5-12,16,21-22H,4,13-15H2,1-3H3,(H,26,29)(H,27,32)(H,30,31). The Labute approximate surface area is 193 Å². The number of likely N-dealkylation sites (N-methyl/N-ethyl adjacent to an activating group) is 1. The Morgan fingerprint density at radius 3 is 2.12 bits per heavy atom.